The Morgan fingerprint density at radius 3 is 2.50 bits per heavy atom. The molecule has 0 bridgehead atoms. The van der Waals surface area contributed by atoms with Gasteiger partial charge >= 0.3 is 5.63 Å². The summed E-state index contributed by atoms with van der Waals surface area (Å²) in [7, 11) is 1.53. The van der Waals surface area contributed by atoms with Crippen LogP contribution in [0.2, 0.25) is 5.02 Å². The second-order valence-electron chi connectivity index (χ2n) is 6.80. The number of aliphatic hydroxyl groups excluding tert-OH is 1. The third kappa shape index (κ3) is 5.37. The average Bonchev–Trinajstić information content (AvgIpc) is 2.80. The Morgan fingerprint density at radius 2 is 1.84 bits per heavy atom. The number of carbonyl (C=O) groups excluding carboxylic acids is 2. The molecule has 0 fully saturated rings. The molecule has 0 aliphatic carbocycles. The lowest BCUT2D eigenvalue weighted by molar-refractivity contribution is -0.128. The molecule has 0 aliphatic heterocycles. The second kappa shape index (κ2) is 10.2. The molecule has 3 aromatic rings. The molecule has 3 N–H and O–H groups in total. The Morgan fingerprint density at radius 1 is 1.16 bits per heavy atom. The molecular formula is C22H21ClN2O7. The van der Waals surface area contributed by atoms with Gasteiger partial charge in [-0.15, -0.1) is 0 Å². The maximum Gasteiger partial charge on any atom is 0.355 e. The minimum Gasteiger partial charge on any atom is -0.497 e. The van der Waals surface area contributed by atoms with E-state index in [-0.39, 0.29) is 16.4 Å². The highest BCUT2D eigenvalue weighted by atomic mass is 35.5. The van der Waals surface area contributed by atoms with Crippen molar-refractivity contribution in [2.24, 2.45) is 0 Å². The Hall–Kier alpha value is -3.56. The lowest BCUT2D eigenvalue weighted by atomic mass is 10.1. The van der Waals surface area contributed by atoms with Gasteiger partial charge in [-0.2, -0.15) is 0 Å². The summed E-state index contributed by atoms with van der Waals surface area (Å²) in [6.45, 7) is 0.672. The lowest BCUT2D eigenvalue weighted by Gasteiger charge is -2.16. The van der Waals surface area contributed by atoms with E-state index < -0.39 is 36.7 Å². The van der Waals surface area contributed by atoms with Crippen LogP contribution in [-0.2, 0) is 9.59 Å². The molecule has 2 amide bonds. The number of amides is 2. The number of hydrogen-bond donors (Lipinski definition) is 3. The predicted octanol–water partition coefficient (Wildman–Crippen LogP) is 2.26. The number of rotatable bonds is 8. The standard InChI is InChI=1S/C22H21ClN2O7/c1-12-16-8-7-15(9-18(16)32-22(29)20(12)23)31-11-19(27)25-17(10-26)21(28)24-13-3-5-14(30-2)6-4-13/h3-9,17,26H,10-11H2,1-2H3,(H,24,28)(H,25,27)/t17-/m0/s1. The molecular weight excluding hydrogens is 440 g/mol. The van der Waals surface area contributed by atoms with Crippen LogP contribution < -0.4 is 25.7 Å². The quantitative estimate of drug-likeness (QED) is 0.440. The fourth-order valence-corrected chi connectivity index (χ4v) is 3.03. The average molecular weight is 461 g/mol. The van der Waals surface area contributed by atoms with Crippen molar-refractivity contribution >= 4 is 40.1 Å². The van der Waals surface area contributed by atoms with E-state index in [4.69, 9.17) is 25.5 Å². The van der Waals surface area contributed by atoms with Crippen molar-refractivity contribution in [3.8, 4) is 11.5 Å². The van der Waals surface area contributed by atoms with Crippen LogP contribution in [0.25, 0.3) is 11.0 Å². The number of aliphatic hydroxyl groups is 1. The highest BCUT2D eigenvalue weighted by Gasteiger charge is 2.20. The second-order valence-corrected chi connectivity index (χ2v) is 7.17. The summed E-state index contributed by atoms with van der Waals surface area (Å²) in [5, 5.41) is 15.1. The Labute approximate surface area is 187 Å². The number of halogens is 1. The van der Waals surface area contributed by atoms with Crippen LogP contribution in [-0.4, -0.2) is 43.3 Å². The Bertz CT molecular complexity index is 1190. The normalized spacial score (nSPS) is 11.6. The summed E-state index contributed by atoms with van der Waals surface area (Å²) < 4.78 is 15.6. The summed E-state index contributed by atoms with van der Waals surface area (Å²) in [4.78, 5) is 36.3. The molecule has 9 nitrogen and oxygen atoms in total. The Balaban J connectivity index is 1.59. The van der Waals surface area contributed by atoms with E-state index in [1.54, 1.807) is 43.3 Å². The number of anilines is 1. The van der Waals surface area contributed by atoms with Gasteiger partial charge < -0.3 is 29.6 Å². The van der Waals surface area contributed by atoms with Crippen molar-refractivity contribution < 1.29 is 28.6 Å². The summed E-state index contributed by atoms with van der Waals surface area (Å²) in [6, 6.07) is 10.1. The van der Waals surface area contributed by atoms with E-state index in [1.165, 1.54) is 13.2 Å². The first kappa shape index (κ1) is 23.1. The van der Waals surface area contributed by atoms with Gasteiger partial charge in [0.2, 0.25) is 5.91 Å². The van der Waals surface area contributed by atoms with E-state index in [0.29, 0.717) is 22.4 Å². The number of fused-ring (bicyclic) bond motifs is 1. The number of benzene rings is 2. The van der Waals surface area contributed by atoms with Crippen molar-refractivity contribution in [2.75, 3.05) is 25.6 Å². The fourth-order valence-electron chi connectivity index (χ4n) is 2.89. The molecule has 0 radical (unpaired) electrons. The van der Waals surface area contributed by atoms with E-state index in [9.17, 15) is 19.5 Å². The largest absolute Gasteiger partial charge is 0.497 e. The number of nitrogens with one attached hydrogen (secondary N) is 2. The minimum atomic E-state index is -1.17. The molecule has 1 atom stereocenters. The van der Waals surface area contributed by atoms with Crippen LogP contribution in [0.15, 0.2) is 51.7 Å². The molecule has 3 rings (SSSR count). The zero-order valence-electron chi connectivity index (χ0n) is 17.3. The highest BCUT2D eigenvalue weighted by molar-refractivity contribution is 6.31. The molecule has 0 aliphatic rings. The number of methoxy groups -OCH3 is 1. The lowest BCUT2D eigenvalue weighted by Crippen LogP contribution is -2.47. The van der Waals surface area contributed by atoms with Crippen LogP contribution in [0.1, 0.15) is 5.56 Å². The van der Waals surface area contributed by atoms with Crippen LogP contribution in [0.5, 0.6) is 11.5 Å². The maximum absolute atomic E-state index is 12.3. The molecule has 0 saturated carbocycles. The molecule has 32 heavy (non-hydrogen) atoms. The zero-order chi connectivity index (χ0) is 23.3. The number of aryl methyl sites for hydroxylation is 1. The molecule has 1 aromatic heterocycles. The van der Waals surface area contributed by atoms with Gasteiger partial charge in [0.15, 0.2) is 6.61 Å². The number of hydrogen-bond acceptors (Lipinski definition) is 7. The van der Waals surface area contributed by atoms with Gasteiger partial charge in [0.25, 0.3) is 5.91 Å². The van der Waals surface area contributed by atoms with Gasteiger partial charge in [-0.05, 0) is 48.9 Å². The summed E-state index contributed by atoms with van der Waals surface area (Å²) in [5.41, 5.74) is 0.658. The fraction of sp³-hybridized carbons (Fsp3) is 0.227. The monoisotopic (exact) mass is 460 g/mol. The molecule has 2 aromatic carbocycles. The smallest absolute Gasteiger partial charge is 0.355 e. The Kier molecular flexibility index (Phi) is 7.34. The molecule has 0 saturated heterocycles. The number of ether oxygens (including phenoxy) is 2. The first-order chi connectivity index (χ1) is 15.3. The number of carbonyl (C=O) groups is 2. The van der Waals surface area contributed by atoms with Crippen LogP contribution in [0.3, 0.4) is 0 Å². The van der Waals surface area contributed by atoms with Crippen LogP contribution in [0.4, 0.5) is 5.69 Å². The van der Waals surface area contributed by atoms with Gasteiger partial charge in [-0.25, -0.2) is 4.79 Å². The minimum absolute atomic E-state index is 0.00788. The van der Waals surface area contributed by atoms with Crippen LogP contribution >= 0.6 is 11.6 Å². The van der Waals surface area contributed by atoms with E-state index in [2.05, 4.69) is 10.6 Å². The van der Waals surface area contributed by atoms with E-state index in [0.717, 1.165) is 0 Å². The topological polar surface area (TPSA) is 127 Å². The van der Waals surface area contributed by atoms with Gasteiger partial charge in [-0.3, -0.25) is 9.59 Å². The summed E-state index contributed by atoms with van der Waals surface area (Å²) in [5.74, 6) is -0.312. The SMILES string of the molecule is COc1ccc(NC(=O)[C@H](CO)NC(=O)COc2ccc3c(C)c(Cl)c(=O)oc3c2)cc1. The zero-order valence-corrected chi connectivity index (χ0v) is 18.1. The first-order valence-corrected chi connectivity index (χ1v) is 9.91. The molecule has 0 unspecified atom stereocenters. The van der Waals surface area contributed by atoms with Crippen LogP contribution in [0, 0.1) is 6.92 Å². The van der Waals surface area contributed by atoms with Crippen molar-refractivity contribution in [3.05, 3.63) is 63.5 Å². The molecule has 168 valence electrons. The molecule has 1 heterocycles. The van der Waals surface area contributed by atoms with E-state index in [1.807, 2.05) is 0 Å². The van der Waals surface area contributed by atoms with Crippen molar-refractivity contribution in [3.63, 3.8) is 0 Å². The first-order valence-electron chi connectivity index (χ1n) is 9.53. The van der Waals surface area contributed by atoms with Crippen molar-refractivity contribution in [1.82, 2.24) is 5.32 Å². The predicted molar refractivity (Wildman–Crippen MR) is 118 cm³/mol. The third-order valence-electron chi connectivity index (χ3n) is 4.63. The van der Waals surface area contributed by atoms with Crippen molar-refractivity contribution in [2.45, 2.75) is 13.0 Å². The summed E-state index contributed by atoms with van der Waals surface area (Å²) >= 11 is 5.90. The highest BCUT2D eigenvalue weighted by Crippen LogP contribution is 2.25. The van der Waals surface area contributed by atoms with Crippen molar-refractivity contribution in [1.29, 1.82) is 0 Å². The third-order valence-corrected chi connectivity index (χ3v) is 5.07. The summed E-state index contributed by atoms with van der Waals surface area (Å²) in [6.07, 6.45) is 0. The van der Waals surface area contributed by atoms with Gasteiger partial charge in [-0.1, -0.05) is 11.6 Å². The molecule has 10 heteroatoms. The van der Waals surface area contributed by atoms with E-state index >= 15 is 0 Å². The maximum atomic E-state index is 12.3. The molecule has 0 spiro atoms. The van der Waals surface area contributed by atoms with Gasteiger partial charge in [0.1, 0.15) is 28.1 Å². The van der Waals surface area contributed by atoms with Gasteiger partial charge in [0.05, 0.1) is 13.7 Å². The van der Waals surface area contributed by atoms with Gasteiger partial charge in [0, 0.05) is 17.1 Å².